The van der Waals surface area contributed by atoms with Gasteiger partial charge in [0, 0.05) is 18.1 Å². The number of nitro groups is 1. The topological polar surface area (TPSA) is 100 Å². The van der Waals surface area contributed by atoms with Crippen molar-refractivity contribution in [2.45, 2.75) is 6.61 Å². The Kier molecular flexibility index (Phi) is 5.81. The first-order chi connectivity index (χ1) is 13.3. The molecule has 0 atom stereocenters. The first-order valence-electron chi connectivity index (χ1n) is 7.90. The number of allylic oxidation sites excluding steroid dienone is 1. The van der Waals surface area contributed by atoms with Crippen molar-refractivity contribution in [2.75, 3.05) is 0 Å². The number of aromatic nitrogens is 2. The summed E-state index contributed by atoms with van der Waals surface area (Å²) in [6.07, 6.45) is 3.73. The van der Waals surface area contributed by atoms with Gasteiger partial charge in [-0.15, -0.1) is 0 Å². The number of hydrogen-bond acceptors (Lipinski definition) is 6. The molecule has 0 aliphatic rings. The van der Waals surface area contributed by atoms with E-state index in [2.05, 4.69) is 5.10 Å². The number of carbonyl (C=O) groups is 1. The average molecular weight is 422 g/mol. The molecule has 0 aliphatic heterocycles. The Bertz CT molecular complexity index is 1070. The molecule has 0 spiro atoms. The fourth-order valence-corrected chi connectivity index (χ4v) is 2.65. The van der Waals surface area contributed by atoms with Crippen LogP contribution in [0.4, 0.5) is 5.69 Å². The summed E-state index contributed by atoms with van der Waals surface area (Å²) < 4.78 is 12.3. The second-order valence-electron chi connectivity index (χ2n) is 5.66. The Morgan fingerprint density at radius 1 is 1.36 bits per heavy atom. The van der Waals surface area contributed by atoms with Crippen LogP contribution in [0.5, 0.6) is 5.75 Å². The summed E-state index contributed by atoms with van der Waals surface area (Å²) in [5, 5.41) is 15.7. The average Bonchev–Trinajstić information content (AvgIpc) is 3.27. The van der Waals surface area contributed by atoms with Gasteiger partial charge in [-0.05, 0) is 36.4 Å². The molecule has 28 heavy (non-hydrogen) atoms. The van der Waals surface area contributed by atoms with Gasteiger partial charge < -0.3 is 9.15 Å². The number of rotatable bonds is 7. The Morgan fingerprint density at radius 3 is 2.89 bits per heavy atom. The first-order valence-corrected chi connectivity index (χ1v) is 8.66. The minimum Gasteiger partial charge on any atom is -0.484 e. The highest BCUT2D eigenvalue weighted by molar-refractivity contribution is 6.34. The number of nitrogens with zero attached hydrogens (tertiary/aromatic N) is 3. The van der Waals surface area contributed by atoms with Crippen molar-refractivity contribution >= 4 is 40.7 Å². The molecule has 0 aliphatic carbocycles. The molecule has 3 rings (SSSR count). The third-order valence-corrected chi connectivity index (χ3v) is 4.13. The maximum Gasteiger partial charge on any atom is 0.318 e. The Labute approximate surface area is 169 Å². The Balaban J connectivity index is 1.66. The van der Waals surface area contributed by atoms with E-state index in [4.69, 9.17) is 32.4 Å². The van der Waals surface area contributed by atoms with Gasteiger partial charge >= 0.3 is 5.69 Å². The molecule has 0 N–H and O–H groups in total. The molecule has 1 aromatic carbocycles. The third-order valence-electron chi connectivity index (χ3n) is 3.58. The molecule has 0 amide bonds. The highest BCUT2D eigenvalue weighted by Gasteiger charge is 2.23. The highest BCUT2D eigenvalue weighted by atomic mass is 35.5. The van der Waals surface area contributed by atoms with E-state index in [0.29, 0.717) is 27.3 Å². The fourth-order valence-electron chi connectivity index (χ4n) is 2.32. The van der Waals surface area contributed by atoms with Crippen LogP contribution >= 0.6 is 23.2 Å². The zero-order chi connectivity index (χ0) is 20.3. The number of halogens is 2. The van der Waals surface area contributed by atoms with Crippen LogP contribution in [0.25, 0.3) is 6.08 Å². The highest BCUT2D eigenvalue weighted by Crippen LogP contribution is 2.28. The van der Waals surface area contributed by atoms with Gasteiger partial charge in [0.2, 0.25) is 11.5 Å². The van der Waals surface area contributed by atoms with E-state index in [9.17, 15) is 14.9 Å². The van der Waals surface area contributed by atoms with Crippen molar-refractivity contribution in [1.82, 2.24) is 9.78 Å². The minimum atomic E-state index is -0.655. The van der Waals surface area contributed by atoms with Gasteiger partial charge in [0.15, 0.2) is 0 Å². The SMILES string of the molecule is Cn1cc([N+](=O)[O-])c(C(=O)/C=C/c2ccc(COc3cc(Cl)ccc3Cl)o2)n1. The molecule has 0 saturated heterocycles. The molecule has 8 nitrogen and oxygen atoms in total. The fraction of sp³-hybridized carbons (Fsp3) is 0.111. The lowest BCUT2D eigenvalue weighted by Gasteiger charge is -2.06. The first kappa shape index (κ1) is 19.7. The van der Waals surface area contributed by atoms with Crippen LogP contribution in [0.3, 0.4) is 0 Å². The van der Waals surface area contributed by atoms with E-state index < -0.39 is 10.7 Å². The number of carbonyl (C=O) groups excluding carboxylic acids is 1. The monoisotopic (exact) mass is 421 g/mol. The number of ketones is 1. The second kappa shape index (κ2) is 8.28. The lowest BCUT2D eigenvalue weighted by atomic mass is 10.2. The van der Waals surface area contributed by atoms with Gasteiger partial charge in [-0.2, -0.15) is 5.10 Å². The Morgan fingerprint density at radius 2 is 2.14 bits per heavy atom. The van der Waals surface area contributed by atoms with Crippen molar-refractivity contribution in [3.05, 3.63) is 80.0 Å². The molecule has 0 fully saturated rings. The lowest BCUT2D eigenvalue weighted by molar-refractivity contribution is -0.385. The van der Waals surface area contributed by atoms with Gasteiger partial charge in [0.25, 0.3) is 0 Å². The number of hydrogen-bond donors (Lipinski definition) is 0. The van der Waals surface area contributed by atoms with Gasteiger partial charge in [0.05, 0.1) is 9.95 Å². The van der Waals surface area contributed by atoms with Crippen LogP contribution in [0.1, 0.15) is 22.0 Å². The predicted molar refractivity (Wildman–Crippen MR) is 103 cm³/mol. The summed E-state index contributed by atoms with van der Waals surface area (Å²) in [7, 11) is 1.50. The number of furan rings is 1. The smallest absolute Gasteiger partial charge is 0.318 e. The van der Waals surface area contributed by atoms with Crippen LogP contribution in [0.15, 0.2) is 47.0 Å². The molecule has 2 heterocycles. The van der Waals surface area contributed by atoms with Crippen LogP contribution in [0.2, 0.25) is 10.0 Å². The van der Waals surface area contributed by atoms with E-state index in [1.807, 2.05) is 0 Å². The van der Waals surface area contributed by atoms with Crippen molar-refractivity contribution in [3.63, 3.8) is 0 Å². The minimum absolute atomic E-state index is 0.105. The van der Waals surface area contributed by atoms with E-state index >= 15 is 0 Å². The normalized spacial score (nSPS) is 11.1. The number of aryl methyl sites for hydroxylation is 1. The van der Waals surface area contributed by atoms with Crippen LogP contribution in [0, 0.1) is 10.1 Å². The lowest BCUT2D eigenvalue weighted by Crippen LogP contribution is -2.00. The van der Waals surface area contributed by atoms with Crippen LogP contribution in [-0.2, 0) is 13.7 Å². The van der Waals surface area contributed by atoms with E-state index in [-0.39, 0.29) is 18.0 Å². The molecular formula is C18H13Cl2N3O5. The van der Waals surface area contributed by atoms with E-state index in [1.165, 1.54) is 24.0 Å². The summed E-state index contributed by atoms with van der Waals surface area (Å²) in [6.45, 7) is 0.105. The van der Waals surface area contributed by atoms with Crippen LogP contribution in [-0.4, -0.2) is 20.5 Å². The standard InChI is InChI=1S/C18H13Cl2N3O5/c1-22-9-15(23(25)26)18(21-22)16(24)7-5-12-3-4-13(28-12)10-27-17-8-11(19)2-6-14(17)20/h2-9H,10H2,1H3/b7-5+. The molecule has 0 unspecified atom stereocenters. The van der Waals surface area contributed by atoms with Crippen molar-refractivity contribution in [1.29, 1.82) is 0 Å². The maximum atomic E-state index is 12.2. The van der Waals surface area contributed by atoms with E-state index in [1.54, 1.807) is 30.3 Å². The van der Waals surface area contributed by atoms with Crippen molar-refractivity contribution in [2.24, 2.45) is 7.05 Å². The van der Waals surface area contributed by atoms with Crippen LogP contribution < -0.4 is 4.74 Å². The molecule has 0 radical (unpaired) electrons. The quantitative estimate of drug-likeness (QED) is 0.237. The molecule has 3 aromatic rings. The van der Waals surface area contributed by atoms with Crippen molar-refractivity contribution in [3.8, 4) is 5.75 Å². The summed E-state index contributed by atoms with van der Waals surface area (Å²) in [5.74, 6) is 0.683. The van der Waals surface area contributed by atoms with Gasteiger partial charge in [-0.1, -0.05) is 23.2 Å². The molecular weight excluding hydrogens is 409 g/mol. The molecule has 2 aromatic heterocycles. The third kappa shape index (κ3) is 4.59. The number of benzene rings is 1. The maximum absolute atomic E-state index is 12.2. The zero-order valence-corrected chi connectivity index (χ0v) is 16.0. The summed E-state index contributed by atoms with van der Waals surface area (Å²) in [4.78, 5) is 22.5. The van der Waals surface area contributed by atoms with Gasteiger partial charge in [-0.3, -0.25) is 19.6 Å². The zero-order valence-electron chi connectivity index (χ0n) is 14.5. The molecule has 144 valence electrons. The predicted octanol–water partition coefficient (Wildman–Crippen LogP) is 4.70. The summed E-state index contributed by atoms with van der Waals surface area (Å²) in [6, 6.07) is 8.17. The molecule has 0 saturated carbocycles. The van der Waals surface area contributed by atoms with E-state index in [0.717, 1.165) is 6.08 Å². The molecule has 10 heteroatoms. The summed E-state index contributed by atoms with van der Waals surface area (Å²) >= 11 is 11.9. The largest absolute Gasteiger partial charge is 0.484 e. The van der Waals surface area contributed by atoms with Crippen molar-refractivity contribution < 1.29 is 18.9 Å². The second-order valence-corrected chi connectivity index (χ2v) is 6.50. The van der Waals surface area contributed by atoms with Gasteiger partial charge in [0.1, 0.15) is 30.1 Å². The summed E-state index contributed by atoms with van der Waals surface area (Å²) in [5.41, 5.74) is -0.599. The van der Waals surface area contributed by atoms with Gasteiger partial charge in [-0.25, -0.2) is 0 Å². The number of ether oxygens (including phenoxy) is 1. The Hall–Kier alpha value is -3.10. The molecule has 0 bridgehead atoms.